The van der Waals surface area contributed by atoms with Crippen LogP contribution in [0.1, 0.15) is 11.1 Å². The number of nitrogens with one attached hydrogen (secondary N) is 2. The number of rotatable bonds is 3. The lowest BCUT2D eigenvalue weighted by Gasteiger charge is -2.31. The van der Waals surface area contributed by atoms with Gasteiger partial charge in [-0.2, -0.15) is 0 Å². The first kappa shape index (κ1) is 14.4. The Labute approximate surface area is 131 Å². The van der Waals surface area contributed by atoms with Crippen LogP contribution >= 0.6 is 0 Å². The first-order valence-corrected chi connectivity index (χ1v) is 7.59. The smallest absolute Gasteiger partial charge is 0.243 e. The van der Waals surface area contributed by atoms with Crippen LogP contribution in [0.5, 0.6) is 0 Å². The van der Waals surface area contributed by atoms with Gasteiger partial charge in [-0.3, -0.25) is 4.79 Å². The Hall–Kier alpha value is -2.49. The number of para-hydroxylation sites is 3. The van der Waals surface area contributed by atoms with Gasteiger partial charge in [-0.1, -0.05) is 30.3 Å². The highest BCUT2D eigenvalue weighted by Crippen LogP contribution is 2.28. The molecule has 4 nitrogen and oxygen atoms in total. The third-order valence-electron chi connectivity index (χ3n) is 4.02. The minimum absolute atomic E-state index is 0.0223. The van der Waals surface area contributed by atoms with Crippen LogP contribution in [0.25, 0.3) is 0 Å². The number of fused-ring (bicyclic) bond motifs is 1. The topological polar surface area (TPSA) is 44.4 Å². The summed E-state index contributed by atoms with van der Waals surface area (Å²) in [5.74, 6) is 0.0223. The van der Waals surface area contributed by atoms with Crippen LogP contribution in [-0.2, 0) is 4.79 Å². The molecule has 0 saturated carbocycles. The summed E-state index contributed by atoms with van der Waals surface area (Å²) < 4.78 is 0. The van der Waals surface area contributed by atoms with Crippen molar-refractivity contribution in [1.29, 1.82) is 0 Å². The van der Waals surface area contributed by atoms with Crippen molar-refractivity contribution >= 4 is 23.0 Å². The Bertz CT molecular complexity index is 676. The van der Waals surface area contributed by atoms with Gasteiger partial charge in [0.05, 0.1) is 17.9 Å². The van der Waals surface area contributed by atoms with Gasteiger partial charge in [0.15, 0.2) is 0 Å². The number of nitrogens with zero attached hydrogens (tertiary/aromatic N) is 1. The highest BCUT2D eigenvalue weighted by molar-refractivity contribution is 5.96. The first-order chi connectivity index (χ1) is 10.6. The molecule has 1 amide bonds. The minimum Gasteiger partial charge on any atom is -0.382 e. The van der Waals surface area contributed by atoms with E-state index >= 15 is 0 Å². The van der Waals surface area contributed by atoms with Crippen LogP contribution in [-0.4, -0.2) is 25.5 Å². The van der Waals surface area contributed by atoms with Crippen molar-refractivity contribution in [1.82, 2.24) is 0 Å². The van der Waals surface area contributed by atoms with E-state index in [2.05, 4.69) is 15.5 Å². The molecule has 2 aromatic carbocycles. The number of benzene rings is 2. The molecule has 2 aromatic rings. The zero-order valence-electron chi connectivity index (χ0n) is 13.0. The van der Waals surface area contributed by atoms with Gasteiger partial charge < -0.3 is 15.5 Å². The van der Waals surface area contributed by atoms with E-state index in [1.165, 1.54) is 0 Å². The van der Waals surface area contributed by atoms with E-state index in [4.69, 9.17) is 0 Å². The molecule has 1 aliphatic rings. The predicted octanol–water partition coefficient (Wildman–Crippen LogP) is 3.17. The Morgan fingerprint density at radius 3 is 2.64 bits per heavy atom. The fourth-order valence-electron chi connectivity index (χ4n) is 2.87. The summed E-state index contributed by atoms with van der Waals surface area (Å²) in [5, 5.41) is 6.42. The Balaban J connectivity index is 1.73. The molecule has 1 aliphatic heterocycles. The first-order valence-electron chi connectivity index (χ1n) is 7.59. The van der Waals surface area contributed by atoms with Crippen LogP contribution in [0.3, 0.4) is 0 Å². The van der Waals surface area contributed by atoms with Gasteiger partial charge in [0.1, 0.15) is 0 Å². The molecule has 0 fully saturated rings. The Morgan fingerprint density at radius 2 is 1.86 bits per heavy atom. The van der Waals surface area contributed by atoms with Gasteiger partial charge >= 0.3 is 0 Å². The summed E-state index contributed by atoms with van der Waals surface area (Å²) in [6, 6.07) is 14.1. The van der Waals surface area contributed by atoms with Gasteiger partial charge in [-0.05, 0) is 37.1 Å². The van der Waals surface area contributed by atoms with E-state index < -0.39 is 0 Å². The second kappa shape index (κ2) is 6.10. The molecule has 0 atom stereocenters. The van der Waals surface area contributed by atoms with Crippen LogP contribution in [0.4, 0.5) is 17.1 Å². The number of anilines is 3. The van der Waals surface area contributed by atoms with E-state index in [0.29, 0.717) is 6.54 Å². The predicted molar refractivity (Wildman–Crippen MR) is 91.7 cm³/mol. The maximum absolute atomic E-state index is 12.4. The molecule has 0 unspecified atom stereocenters. The maximum Gasteiger partial charge on any atom is 0.243 e. The second-order valence-corrected chi connectivity index (χ2v) is 5.68. The summed E-state index contributed by atoms with van der Waals surface area (Å²) in [4.78, 5) is 14.5. The molecule has 114 valence electrons. The average molecular weight is 295 g/mol. The standard InChI is InChI=1S/C18H21N3O/c1-13-6-5-7-14(2)18(13)20-17(22)12-21-11-10-19-15-8-3-4-9-16(15)21/h3-9,19H,10-12H2,1-2H3,(H,20,22). The molecule has 3 rings (SSSR count). The zero-order chi connectivity index (χ0) is 15.5. The van der Waals surface area contributed by atoms with E-state index in [1.54, 1.807) is 0 Å². The lowest BCUT2D eigenvalue weighted by Crippen LogP contribution is -2.39. The molecule has 0 bridgehead atoms. The van der Waals surface area contributed by atoms with Crippen molar-refractivity contribution in [3.63, 3.8) is 0 Å². The number of hydrogen-bond acceptors (Lipinski definition) is 3. The van der Waals surface area contributed by atoms with Crippen molar-refractivity contribution in [3.05, 3.63) is 53.6 Å². The zero-order valence-corrected chi connectivity index (χ0v) is 13.0. The average Bonchev–Trinajstić information content (AvgIpc) is 2.51. The fraction of sp³-hybridized carbons (Fsp3) is 0.278. The molecule has 2 N–H and O–H groups in total. The van der Waals surface area contributed by atoms with Crippen LogP contribution < -0.4 is 15.5 Å². The maximum atomic E-state index is 12.4. The fourth-order valence-corrected chi connectivity index (χ4v) is 2.87. The van der Waals surface area contributed by atoms with E-state index in [1.807, 2.05) is 56.3 Å². The van der Waals surface area contributed by atoms with E-state index in [-0.39, 0.29) is 5.91 Å². The number of carbonyl (C=O) groups excluding carboxylic acids is 1. The largest absolute Gasteiger partial charge is 0.382 e. The second-order valence-electron chi connectivity index (χ2n) is 5.68. The molecule has 4 heteroatoms. The summed E-state index contributed by atoms with van der Waals surface area (Å²) in [6.45, 7) is 6.09. The monoisotopic (exact) mass is 295 g/mol. The van der Waals surface area contributed by atoms with Crippen LogP contribution in [0, 0.1) is 13.8 Å². The SMILES string of the molecule is Cc1cccc(C)c1NC(=O)CN1CCNc2ccccc21. The Kier molecular flexibility index (Phi) is 4.00. The Morgan fingerprint density at radius 1 is 1.14 bits per heavy atom. The third kappa shape index (κ3) is 2.91. The number of hydrogen-bond donors (Lipinski definition) is 2. The van der Waals surface area contributed by atoms with Gasteiger partial charge in [0.2, 0.25) is 5.91 Å². The molecule has 0 spiro atoms. The van der Waals surface area contributed by atoms with Crippen molar-refractivity contribution in [2.45, 2.75) is 13.8 Å². The normalized spacial score (nSPS) is 13.3. The number of carbonyl (C=O) groups is 1. The van der Waals surface area contributed by atoms with Gasteiger partial charge in [0, 0.05) is 18.8 Å². The molecule has 22 heavy (non-hydrogen) atoms. The summed E-state index contributed by atoms with van der Waals surface area (Å²) >= 11 is 0. The quantitative estimate of drug-likeness (QED) is 0.914. The highest BCUT2D eigenvalue weighted by atomic mass is 16.2. The molecule has 1 heterocycles. The molecule has 0 aromatic heterocycles. The lowest BCUT2D eigenvalue weighted by atomic mass is 10.1. The minimum atomic E-state index is 0.0223. The third-order valence-corrected chi connectivity index (χ3v) is 4.02. The van der Waals surface area contributed by atoms with Crippen molar-refractivity contribution in [3.8, 4) is 0 Å². The van der Waals surface area contributed by atoms with Crippen LogP contribution in [0.15, 0.2) is 42.5 Å². The van der Waals surface area contributed by atoms with E-state index in [0.717, 1.165) is 41.3 Å². The summed E-state index contributed by atoms with van der Waals surface area (Å²) in [7, 11) is 0. The van der Waals surface area contributed by atoms with Gasteiger partial charge in [-0.25, -0.2) is 0 Å². The lowest BCUT2D eigenvalue weighted by molar-refractivity contribution is -0.115. The molecular formula is C18H21N3O. The van der Waals surface area contributed by atoms with Crippen molar-refractivity contribution < 1.29 is 4.79 Å². The molecule has 0 aliphatic carbocycles. The van der Waals surface area contributed by atoms with Crippen molar-refractivity contribution in [2.75, 3.05) is 35.2 Å². The van der Waals surface area contributed by atoms with Gasteiger partial charge in [-0.15, -0.1) is 0 Å². The molecule has 0 radical (unpaired) electrons. The summed E-state index contributed by atoms with van der Waals surface area (Å²) in [5.41, 5.74) is 5.29. The van der Waals surface area contributed by atoms with E-state index in [9.17, 15) is 4.79 Å². The highest BCUT2D eigenvalue weighted by Gasteiger charge is 2.18. The number of amides is 1. The van der Waals surface area contributed by atoms with Crippen LogP contribution in [0.2, 0.25) is 0 Å². The molecular weight excluding hydrogens is 274 g/mol. The molecule has 0 saturated heterocycles. The van der Waals surface area contributed by atoms with Gasteiger partial charge in [0.25, 0.3) is 0 Å². The summed E-state index contributed by atoms with van der Waals surface area (Å²) in [6.07, 6.45) is 0. The van der Waals surface area contributed by atoms with Crippen molar-refractivity contribution in [2.24, 2.45) is 0 Å². The number of aryl methyl sites for hydroxylation is 2.